The summed E-state index contributed by atoms with van der Waals surface area (Å²) in [6.45, 7) is 3.97. The molecule has 1 aromatic carbocycles. The summed E-state index contributed by atoms with van der Waals surface area (Å²) in [4.78, 5) is 24.3. The number of aromatic nitrogens is 3. The predicted molar refractivity (Wildman–Crippen MR) is 112 cm³/mol. The highest BCUT2D eigenvalue weighted by molar-refractivity contribution is 7.08. The Morgan fingerprint density at radius 2 is 2.11 bits per heavy atom. The molecule has 4 aromatic rings. The van der Waals surface area contributed by atoms with Crippen LogP contribution in [-0.2, 0) is 0 Å². The Morgan fingerprint density at radius 1 is 1.26 bits per heavy atom. The van der Waals surface area contributed by atoms with E-state index in [9.17, 15) is 4.79 Å². The molecule has 0 fully saturated rings. The number of nitrogens with zero attached hydrogens (tertiary/aromatic N) is 2. The van der Waals surface area contributed by atoms with Crippen molar-refractivity contribution in [3.63, 3.8) is 0 Å². The molecule has 0 aliphatic rings. The van der Waals surface area contributed by atoms with Gasteiger partial charge in [-0.3, -0.25) is 4.79 Å². The van der Waals surface area contributed by atoms with Crippen molar-refractivity contribution in [2.45, 2.75) is 19.9 Å². The number of para-hydroxylation sites is 1. The van der Waals surface area contributed by atoms with Crippen molar-refractivity contribution in [3.8, 4) is 11.3 Å². The van der Waals surface area contributed by atoms with E-state index >= 15 is 0 Å². The van der Waals surface area contributed by atoms with E-state index in [2.05, 4.69) is 38.0 Å². The normalized spacial score (nSPS) is 12.3. The number of hydrogen-bond donors (Lipinski definition) is 2. The topological polar surface area (TPSA) is 70.7 Å². The molecule has 0 aliphatic heterocycles. The van der Waals surface area contributed by atoms with Crippen LogP contribution in [0.2, 0.25) is 5.02 Å². The fourth-order valence-electron chi connectivity index (χ4n) is 3.01. The fraction of sp³-hybridized carbons (Fsp3) is 0.150. The Labute approximate surface area is 165 Å². The molecular formula is C20H17ClN4OS. The van der Waals surface area contributed by atoms with Crippen LogP contribution in [0.15, 0.2) is 52.1 Å². The van der Waals surface area contributed by atoms with E-state index in [-0.39, 0.29) is 11.6 Å². The molecule has 1 atom stereocenters. The molecule has 2 N–H and O–H groups in total. The first-order valence-corrected chi connectivity index (χ1v) is 9.79. The molecule has 0 unspecified atom stereocenters. The number of pyridine rings is 1. The van der Waals surface area contributed by atoms with Crippen LogP contribution in [0.25, 0.3) is 22.2 Å². The summed E-state index contributed by atoms with van der Waals surface area (Å²) >= 11 is 7.81. The molecule has 0 amide bonds. The van der Waals surface area contributed by atoms with Gasteiger partial charge < -0.3 is 10.3 Å². The SMILES string of the molecule is Cc1cscc1-c1ccnc(N[C@@H](C)c2cc3cccc(Cl)c3[nH]c2=O)n1. The lowest BCUT2D eigenvalue weighted by Crippen LogP contribution is -2.20. The molecule has 4 rings (SSSR count). The number of benzene rings is 1. The zero-order valence-electron chi connectivity index (χ0n) is 14.8. The molecule has 27 heavy (non-hydrogen) atoms. The van der Waals surface area contributed by atoms with Gasteiger partial charge in [0.1, 0.15) is 0 Å². The zero-order valence-corrected chi connectivity index (χ0v) is 16.4. The van der Waals surface area contributed by atoms with E-state index in [1.54, 1.807) is 23.6 Å². The van der Waals surface area contributed by atoms with Crippen LogP contribution in [0.5, 0.6) is 0 Å². The maximum absolute atomic E-state index is 12.5. The molecular weight excluding hydrogens is 380 g/mol. The van der Waals surface area contributed by atoms with Gasteiger partial charge in [-0.15, -0.1) is 0 Å². The van der Waals surface area contributed by atoms with Gasteiger partial charge in [-0.1, -0.05) is 23.7 Å². The summed E-state index contributed by atoms with van der Waals surface area (Å²) in [6, 6.07) is 9.01. The molecule has 0 saturated heterocycles. The van der Waals surface area contributed by atoms with E-state index in [0.29, 0.717) is 22.1 Å². The van der Waals surface area contributed by atoms with Crippen molar-refractivity contribution in [2.24, 2.45) is 0 Å². The summed E-state index contributed by atoms with van der Waals surface area (Å²) in [5.41, 5.74) is 4.20. The summed E-state index contributed by atoms with van der Waals surface area (Å²) in [5, 5.41) is 8.80. The van der Waals surface area contributed by atoms with Gasteiger partial charge in [-0.25, -0.2) is 9.97 Å². The molecule has 136 valence electrons. The first-order valence-electron chi connectivity index (χ1n) is 8.47. The van der Waals surface area contributed by atoms with Gasteiger partial charge in [0, 0.05) is 28.1 Å². The van der Waals surface area contributed by atoms with Gasteiger partial charge in [0.15, 0.2) is 0 Å². The lowest BCUT2D eigenvalue weighted by atomic mass is 10.1. The first kappa shape index (κ1) is 17.7. The van der Waals surface area contributed by atoms with Crippen molar-refractivity contribution in [1.82, 2.24) is 15.0 Å². The van der Waals surface area contributed by atoms with E-state index in [1.165, 1.54) is 5.56 Å². The number of halogens is 1. The Kier molecular flexibility index (Phi) is 4.68. The second kappa shape index (κ2) is 7.13. The smallest absolute Gasteiger partial charge is 0.253 e. The highest BCUT2D eigenvalue weighted by atomic mass is 35.5. The fourth-order valence-corrected chi connectivity index (χ4v) is 4.08. The Hall–Kier alpha value is -2.70. The van der Waals surface area contributed by atoms with Crippen LogP contribution in [-0.4, -0.2) is 15.0 Å². The minimum atomic E-state index is -0.268. The number of thiophene rings is 1. The maximum Gasteiger partial charge on any atom is 0.253 e. The predicted octanol–water partition coefficient (Wildman–Crippen LogP) is 5.18. The van der Waals surface area contributed by atoms with Crippen LogP contribution in [0.3, 0.4) is 0 Å². The van der Waals surface area contributed by atoms with Crippen LogP contribution < -0.4 is 10.9 Å². The van der Waals surface area contributed by atoms with E-state index in [4.69, 9.17) is 11.6 Å². The minimum absolute atomic E-state index is 0.180. The number of fused-ring (bicyclic) bond motifs is 1. The Balaban J connectivity index is 1.66. The third kappa shape index (κ3) is 3.46. The third-order valence-corrected chi connectivity index (χ3v) is 5.63. The average molecular weight is 397 g/mol. The lowest BCUT2D eigenvalue weighted by Gasteiger charge is -2.15. The molecule has 0 bridgehead atoms. The number of nitrogens with one attached hydrogen (secondary N) is 2. The Morgan fingerprint density at radius 3 is 2.89 bits per heavy atom. The Bertz CT molecular complexity index is 1180. The van der Waals surface area contributed by atoms with E-state index < -0.39 is 0 Å². The molecule has 0 spiro atoms. The molecule has 0 saturated carbocycles. The number of rotatable bonds is 4. The second-order valence-electron chi connectivity index (χ2n) is 6.36. The zero-order chi connectivity index (χ0) is 19.0. The van der Waals surface area contributed by atoms with Crippen molar-refractivity contribution >= 4 is 39.8 Å². The highest BCUT2D eigenvalue weighted by Gasteiger charge is 2.14. The second-order valence-corrected chi connectivity index (χ2v) is 7.51. The van der Waals surface area contributed by atoms with Gasteiger partial charge in [0.25, 0.3) is 5.56 Å². The summed E-state index contributed by atoms with van der Waals surface area (Å²) in [6.07, 6.45) is 1.72. The largest absolute Gasteiger partial charge is 0.347 e. The van der Waals surface area contributed by atoms with Crippen molar-refractivity contribution in [3.05, 3.63) is 73.8 Å². The first-order chi connectivity index (χ1) is 13.0. The van der Waals surface area contributed by atoms with Crippen LogP contribution in [0.1, 0.15) is 24.1 Å². The third-order valence-electron chi connectivity index (χ3n) is 4.46. The monoisotopic (exact) mass is 396 g/mol. The van der Waals surface area contributed by atoms with Crippen molar-refractivity contribution < 1.29 is 0 Å². The van der Waals surface area contributed by atoms with E-state index in [1.807, 2.05) is 31.2 Å². The average Bonchev–Trinajstić information content (AvgIpc) is 3.08. The number of hydrogen-bond acceptors (Lipinski definition) is 5. The molecule has 3 aromatic heterocycles. The number of aromatic amines is 1. The van der Waals surface area contributed by atoms with Crippen molar-refractivity contribution in [1.29, 1.82) is 0 Å². The van der Waals surface area contributed by atoms with Gasteiger partial charge >= 0.3 is 0 Å². The number of anilines is 1. The molecule has 7 heteroatoms. The summed E-state index contributed by atoms with van der Waals surface area (Å²) < 4.78 is 0. The van der Waals surface area contributed by atoms with E-state index in [0.717, 1.165) is 16.6 Å². The molecule has 0 radical (unpaired) electrons. The van der Waals surface area contributed by atoms with Crippen LogP contribution >= 0.6 is 22.9 Å². The maximum atomic E-state index is 12.5. The molecule has 3 heterocycles. The van der Waals surface area contributed by atoms with Gasteiger partial charge in [0.05, 0.1) is 22.3 Å². The molecule has 5 nitrogen and oxygen atoms in total. The van der Waals surface area contributed by atoms with Gasteiger partial charge in [-0.2, -0.15) is 11.3 Å². The molecule has 0 aliphatic carbocycles. The number of H-pyrrole nitrogens is 1. The lowest BCUT2D eigenvalue weighted by molar-refractivity contribution is 0.845. The standard InChI is InChI=1S/C20H17ClN4OS/c1-11-9-27-10-15(11)17-6-7-22-20(24-17)23-12(2)14-8-13-4-3-5-16(21)18(13)25-19(14)26/h3-10,12H,1-2H3,(H,25,26)(H,22,23,24)/t12-/m0/s1. The summed E-state index contributed by atoms with van der Waals surface area (Å²) in [7, 11) is 0. The van der Waals surface area contributed by atoms with Crippen LogP contribution in [0.4, 0.5) is 5.95 Å². The minimum Gasteiger partial charge on any atom is -0.347 e. The van der Waals surface area contributed by atoms with Gasteiger partial charge in [0.2, 0.25) is 5.95 Å². The summed E-state index contributed by atoms with van der Waals surface area (Å²) in [5.74, 6) is 0.483. The van der Waals surface area contributed by atoms with Crippen LogP contribution in [0, 0.1) is 6.92 Å². The highest BCUT2D eigenvalue weighted by Crippen LogP contribution is 2.26. The van der Waals surface area contributed by atoms with Gasteiger partial charge in [-0.05, 0) is 43.0 Å². The number of aryl methyl sites for hydroxylation is 1. The quantitative estimate of drug-likeness (QED) is 0.498. The van der Waals surface area contributed by atoms with Crippen molar-refractivity contribution in [2.75, 3.05) is 5.32 Å².